The number of benzene rings is 1. The summed E-state index contributed by atoms with van der Waals surface area (Å²) in [4.78, 5) is 11.4. The third-order valence-corrected chi connectivity index (χ3v) is 1.73. The van der Waals surface area contributed by atoms with Crippen molar-refractivity contribution >= 4 is 5.78 Å². The number of Topliss-reactive ketones (excluding diaryl/α,β-unsaturated/α-hetero) is 1. The van der Waals surface area contributed by atoms with Crippen molar-refractivity contribution in [3.05, 3.63) is 35.4 Å². The molecule has 0 heterocycles. The van der Waals surface area contributed by atoms with Crippen LogP contribution in [0.2, 0.25) is 0 Å². The number of rotatable bonds is 2. The quantitative estimate of drug-likeness (QED) is 0.402. The fourth-order valence-corrected chi connectivity index (χ4v) is 0.966. The summed E-state index contributed by atoms with van der Waals surface area (Å²) in [6, 6.07) is 7.34. The van der Waals surface area contributed by atoms with Gasteiger partial charge in [-0.2, -0.15) is 0 Å². The van der Waals surface area contributed by atoms with E-state index in [9.17, 15) is 4.79 Å². The molecule has 0 saturated heterocycles. The Bertz CT molecular complexity index is 366. The molecule has 0 fully saturated rings. The predicted molar refractivity (Wildman–Crippen MR) is 55.2 cm³/mol. The van der Waals surface area contributed by atoms with Crippen molar-refractivity contribution in [1.29, 1.82) is 0 Å². The van der Waals surface area contributed by atoms with Crippen molar-refractivity contribution in [2.75, 3.05) is 13.7 Å². The molecule has 1 aromatic rings. The zero-order chi connectivity index (χ0) is 10.4. The minimum Gasteiger partial charge on any atom is -0.372 e. The molecule has 0 N–H and O–H groups in total. The van der Waals surface area contributed by atoms with Gasteiger partial charge >= 0.3 is 0 Å². The highest BCUT2D eigenvalue weighted by molar-refractivity contribution is 6.08. The average Bonchev–Trinajstić information content (AvgIpc) is 2.19. The topological polar surface area (TPSA) is 26.3 Å². The molecule has 0 aliphatic heterocycles. The number of ether oxygens (including phenoxy) is 1. The standard InChI is InChI=1S/C12H12O2/c1-10-5-7-11(8-6-10)12(13)4-3-9-14-2/h5-8H,9H2,1-2H3. The molecule has 2 nitrogen and oxygen atoms in total. The Morgan fingerprint density at radius 2 is 2.00 bits per heavy atom. The van der Waals surface area contributed by atoms with Gasteiger partial charge in [0.1, 0.15) is 6.61 Å². The van der Waals surface area contributed by atoms with Crippen molar-refractivity contribution in [3.8, 4) is 11.8 Å². The van der Waals surface area contributed by atoms with Gasteiger partial charge in [-0.05, 0) is 12.8 Å². The second kappa shape index (κ2) is 5.21. The van der Waals surface area contributed by atoms with E-state index in [4.69, 9.17) is 4.74 Å². The normalized spacial score (nSPS) is 9.00. The lowest BCUT2D eigenvalue weighted by atomic mass is 10.1. The average molecular weight is 188 g/mol. The van der Waals surface area contributed by atoms with Crippen molar-refractivity contribution in [1.82, 2.24) is 0 Å². The number of ketones is 1. The Morgan fingerprint density at radius 3 is 2.57 bits per heavy atom. The van der Waals surface area contributed by atoms with Crippen molar-refractivity contribution < 1.29 is 9.53 Å². The minimum atomic E-state index is -0.165. The first-order valence-corrected chi connectivity index (χ1v) is 4.33. The van der Waals surface area contributed by atoms with Gasteiger partial charge in [0.25, 0.3) is 0 Å². The van der Waals surface area contributed by atoms with Gasteiger partial charge in [-0.15, -0.1) is 0 Å². The monoisotopic (exact) mass is 188 g/mol. The molecular formula is C12H12O2. The van der Waals surface area contributed by atoms with Crippen LogP contribution in [0.3, 0.4) is 0 Å². The van der Waals surface area contributed by atoms with Crippen LogP contribution in [-0.4, -0.2) is 19.5 Å². The van der Waals surface area contributed by atoms with Gasteiger partial charge in [-0.25, -0.2) is 0 Å². The maximum atomic E-state index is 11.4. The Morgan fingerprint density at radius 1 is 1.36 bits per heavy atom. The summed E-state index contributed by atoms with van der Waals surface area (Å²) in [5.41, 5.74) is 1.76. The fraction of sp³-hybridized carbons (Fsp3) is 0.250. The van der Waals surface area contributed by atoms with Crippen molar-refractivity contribution in [3.63, 3.8) is 0 Å². The van der Waals surface area contributed by atoms with E-state index < -0.39 is 0 Å². The van der Waals surface area contributed by atoms with E-state index >= 15 is 0 Å². The number of aryl methyl sites for hydroxylation is 1. The van der Waals surface area contributed by atoms with Gasteiger partial charge in [0.05, 0.1) is 0 Å². The maximum absolute atomic E-state index is 11.4. The van der Waals surface area contributed by atoms with Crippen LogP contribution in [0, 0.1) is 18.8 Å². The molecule has 0 aliphatic rings. The number of hydrogen-bond acceptors (Lipinski definition) is 2. The molecule has 72 valence electrons. The molecule has 0 unspecified atom stereocenters. The summed E-state index contributed by atoms with van der Waals surface area (Å²) in [6.07, 6.45) is 0. The van der Waals surface area contributed by atoms with Gasteiger partial charge in [0.2, 0.25) is 5.78 Å². The number of methoxy groups -OCH3 is 1. The lowest BCUT2D eigenvalue weighted by Crippen LogP contribution is -1.95. The first-order valence-electron chi connectivity index (χ1n) is 4.33. The second-order valence-electron chi connectivity index (χ2n) is 2.93. The Balaban J connectivity index is 2.72. The van der Waals surface area contributed by atoms with Gasteiger partial charge in [-0.3, -0.25) is 4.79 Å². The van der Waals surface area contributed by atoms with E-state index in [1.807, 2.05) is 19.1 Å². The van der Waals surface area contributed by atoms with E-state index in [1.54, 1.807) is 19.2 Å². The lowest BCUT2D eigenvalue weighted by molar-refractivity contribution is 0.105. The summed E-state index contributed by atoms with van der Waals surface area (Å²) in [7, 11) is 1.55. The van der Waals surface area contributed by atoms with Gasteiger partial charge < -0.3 is 4.74 Å². The summed E-state index contributed by atoms with van der Waals surface area (Å²) < 4.78 is 4.72. The first kappa shape index (κ1) is 10.5. The molecule has 1 rings (SSSR count). The highest BCUT2D eigenvalue weighted by Gasteiger charge is 1.99. The van der Waals surface area contributed by atoms with Crippen LogP contribution in [0.15, 0.2) is 24.3 Å². The molecule has 0 bridgehead atoms. The summed E-state index contributed by atoms with van der Waals surface area (Å²) >= 11 is 0. The molecule has 0 radical (unpaired) electrons. The largest absolute Gasteiger partial charge is 0.372 e. The van der Waals surface area contributed by atoms with Gasteiger partial charge in [0.15, 0.2) is 0 Å². The smallest absolute Gasteiger partial charge is 0.235 e. The van der Waals surface area contributed by atoms with Crippen molar-refractivity contribution in [2.45, 2.75) is 6.92 Å². The number of carbonyl (C=O) groups is 1. The fourth-order valence-electron chi connectivity index (χ4n) is 0.966. The van der Waals surface area contributed by atoms with Crippen LogP contribution < -0.4 is 0 Å². The Hall–Kier alpha value is -1.59. The maximum Gasteiger partial charge on any atom is 0.235 e. The predicted octanol–water partition coefficient (Wildman–Crippen LogP) is 1.83. The van der Waals surface area contributed by atoms with E-state index in [0.717, 1.165) is 5.56 Å². The highest BCUT2D eigenvalue weighted by atomic mass is 16.5. The van der Waals surface area contributed by atoms with Crippen LogP contribution in [0.4, 0.5) is 0 Å². The summed E-state index contributed by atoms with van der Waals surface area (Å²) in [6.45, 7) is 2.27. The van der Waals surface area contributed by atoms with Crippen molar-refractivity contribution in [2.24, 2.45) is 0 Å². The van der Waals surface area contributed by atoms with Crippen LogP contribution in [0.1, 0.15) is 15.9 Å². The van der Waals surface area contributed by atoms with Crippen LogP contribution in [0.5, 0.6) is 0 Å². The molecule has 1 aromatic carbocycles. The number of hydrogen-bond donors (Lipinski definition) is 0. The Labute approximate surface area is 83.9 Å². The van der Waals surface area contributed by atoms with E-state index in [-0.39, 0.29) is 12.4 Å². The van der Waals surface area contributed by atoms with Crippen LogP contribution in [0.25, 0.3) is 0 Å². The summed E-state index contributed by atoms with van der Waals surface area (Å²) in [5.74, 6) is 4.97. The Kier molecular flexibility index (Phi) is 3.90. The van der Waals surface area contributed by atoms with E-state index in [2.05, 4.69) is 11.8 Å². The third-order valence-electron chi connectivity index (χ3n) is 1.73. The third kappa shape index (κ3) is 3.04. The molecule has 0 spiro atoms. The minimum absolute atomic E-state index is 0.165. The molecule has 0 aliphatic carbocycles. The second-order valence-corrected chi connectivity index (χ2v) is 2.93. The van der Waals surface area contributed by atoms with E-state index in [0.29, 0.717) is 5.56 Å². The molecule has 0 amide bonds. The van der Waals surface area contributed by atoms with E-state index in [1.165, 1.54) is 0 Å². The SMILES string of the molecule is COCC#CC(=O)c1ccc(C)cc1. The first-order chi connectivity index (χ1) is 6.74. The summed E-state index contributed by atoms with van der Waals surface area (Å²) in [5, 5.41) is 0. The van der Waals surface area contributed by atoms with Crippen LogP contribution in [-0.2, 0) is 4.74 Å². The zero-order valence-electron chi connectivity index (χ0n) is 8.33. The highest BCUT2D eigenvalue weighted by Crippen LogP contribution is 2.03. The van der Waals surface area contributed by atoms with Gasteiger partial charge in [-0.1, -0.05) is 35.7 Å². The van der Waals surface area contributed by atoms with Crippen LogP contribution >= 0.6 is 0 Å². The lowest BCUT2D eigenvalue weighted by Gasteiger charge is -1.94. The number of carbonyl (C=O) groups excluding carboxylic acids is 1. The molecule has 0 saturated carbocycles. The molecule has 2 heteroatoms. The van der Waals surface area contributed by atoms with Gasteiger partial charge in [0, 0.05) is 12.7 Å². The molecular weight excluding hydrogens is 176 g/mol. The molecule has 0 aromatic heterocycles. The zero-order valence-corrected chi connectivity index (χ0v) is 8.33. The molecule has 0 atom stereocenters. The molecule has 14 heavy (non-hydrogen) atoms.